The number of hydrogen-bond donors (Lipinski definition) is 1. The summed E-state index contributed by atoms with van der Waals surface area (Å²) in [5, 5.41) is 9.56. The van der Waals surface area contributed by atoms with Crippen molar-refractivity contribution in [3.8, 4) is 0 Å². The fourth-order valence-corrected chi connectivity index (χ4v) is 4.90. The molecule has 2 heterocycles. The van der Waals surface area contributed by atoms with Gasteiger partial charge in [-0.1, -0.05) is 36.4 Å². The third-order valence-corrected chi connectivity index (χ3v) is 7.05. The van der Waals surface area contributed by atoms with Crippen LogP contribution >= 0.6 is 0 Å². The van der Waals surface area contributed by atoms with Crippen LogP contribution < -0.4 is 0 Å². The van der Waals surface area contributed by atoms with Gasteiger partial charge in [-0.2, -0.15) is 0 Å². The Bertz CT molecular complexity index is 1080. The highest BCUT2D eigenvalue weighted by atomic mass is 16.5. The molecule has 1 aliphatic heterocycles. The number of piperidine rings is 1. The van der Waals surface area contributed by atoms with Crippen LogP contribution in [0.1, 0.15) is 49.6 Å². The van der Waals surface area contributed by atoms with Crippen LogP contribution in [-0.2, 0) is 27.9 Å². The third-order valence-electron chi connectivity index (χ3n) is 7.05. The summed E-state index contributed by atoms with van der Waals surface area (Å²) in [6.45, 7) is 7.65. The monoisotopic (exact) mass is 449 g/mol. The summed E-state index contributed by atoms with van der Waals surface area (Å²) in [5.41, 5.74) is 3.75. The molecule has 2 aromatic carbocycles. The molecule has 3 aromatic rings. The lowest BCUT2D eigenvalue weighted by molar-refractivity contribution is -0.146. The zero-order chi connectivity index (χ0) is 23.4. The number of aliphatic hydroxyl groups excluding tert-OH is 1. The lowest BCUT2D eigenvalue weighted by Crippen LogP contribution is -2.35. The first-order valence-corrected chi connectivity index (χ1v) is 11.9. The number of carbonyl (C=O) groups excluding carboxylic acids is 1. The number of methoxy groups -OCH3 is 1. The fraction of sp³-hybridized carbons (Fsp3) is 0.481. The van der Waals surface area contributed by atoms with Crippen molar-refractivity contribution in [2.75, 3.05) is 33.4 Å². The van der Waals surface area contributed by atoms with Crippen molar-refractivity contribution in [1.82, 2.24) is 14.5 Å². The zero-order valence-corrected chi connectivity index (χ0v) is 20.0. The van der Waals surface area contributed by atoms with Crippen molar-refractivity contribution in [2.45, 2.75) is 51.0 Å². The van der Waals surface area contributed by atoms with E-state index in [0.29, 0.717) is 12.5 Å². The minimum absolute atomic E-state index is 0.127. The number of benzene rings is 2. The van der Waals surface area contributed by atoms with E-state index in [9.17, 15) is 9.90 Å². The molecule has 0 amide bonds. The molecule has 1 aromatic heterocycles. The van der Waals surface area contributed by atoms with Gasteiger partial charge < -0.3 is 19.3 Å². The number of fused-ring (bicyclic) bond motifs is 1. The van der Waals surface area contributed by atoms with E-state index in [0.717, 1.165) is 61.3 Å². The molecule has 1 N–H and O–H groups in total. The van der Waals surface area contributed by atoms with Crippen molar-refractivity contribution in [1.29, 1.82) is 0 Å². The molecule has 1 fully saturated rings. The lowest BCUT2D eigenvalue weighted by Gasteiger charge is -2.32. The molecular weight excluding hydrogens is 414 g/mol. The minimum Gasteiger partial charge on any atom is -0.468 e. The summed E-state index contributed by atoms with van der Waals surface area (Å²) in [6, 6.07) is 16.6. The normalized spacial score (nSPS) is 15.8. The van der Waals surface area contributed by atoms with E-state index in [4.69, 9.17) is 9.72 Å². The van der Waals surface area contributed by atoms with E-state index in [1.165, 1.54) is 12.7 Å². The Morgan fingerprint density at radius 1 is 1.09 bits per heavy atom. The number of aromatic nitrogens is 2. The molecule has 1 saturated heterocycles. The van der Waals surface area contributed by atoms with Crippen molar-refractivity contribution < 1.29 is 14.6 Å². The Morgan fingerprint density at radius 3 is 2.45 bits per heavy atom. The largest absolute Gasteiger partial charge is 0.468 e. The number of likely N-dealkylation sites (tertiary alicyclic amines) is 1. The van der Waals surface area contributed by atoms with Gasteiger partial charge in [-0.05, 0) is 69.5 Å². The smallest absolute Gasteiger partial charge is 0.315 e. The number of nitrogens with zero attached hydrogens (tertiary/aromatic N) is 3. The van der Waals surface area contributed by atoms with Crippen molar-refractivity contribution in [2.24, 2.45) is 0 Å². The molecule has 0 unspecified atom stereocenters. The molecule has 176 valence electrons. The molecule has 0 spiro atoms. The van der Waals surface area contributed by atoms with Crippen LogP contribution in [0.3, 0.4) is 0 Å². The fourth-order valence-electron chi connectivity index (χ4n) is 4.90. The quantitative estimate of drug-likeness (QED) is 0.528. The average molecular weight is 450 g/mol. The standard InChI is InChI=1S/C27H35N3O3/c1-27(2,26(32)33-3)22-10-8-20(9-11-22)12-15-29-16-13-21(14-17-29)25-28-23-6-4-5-7-24(23)30(25)18-19-31/h4-11,21,31H,12-19H2,1-3H3. The number of rotatable bonds is 8. The molecule has 1 aliphatic rings. The Balaban J connectivity index is 1.34. The van der Waals surface area contributed by atoms with E-state index in [1.54, 1.807) is 0 Å². The maximum Gasteiger partial charge on any atom is 0.315 e. The summed E-state index contributed by atoms with van der Waals surface area (Å²) in [6.07, 6.45) is 3.16. The second-order valence-electron chi connectivity index (χ2n) is 9.51. The number of esters is 1. The second-order valence-corrected chi connectivity index (χ2v) is 9.51. The summed E-state index contributed by atoms with van der Waals surface area (Å²) in [4.78, 5) is 19.5. The van der Waals surface area contributed by atoms with E-state index in [1.807, 2.05) is 38.1 Å². The van der Waals surface area contributed by atoms with Gasteiger partial charge in [0, 0.05) is 19.0 Å². The summed E-state index contributed by atoms with van der Waals surface area (Å²) in [5.74, 6) is 1.33. The van der Waals surface area contributed by atoms with E-state index < -0.39 is 5.41 Å². The van der Waals surface area contributed by atoms with Crippen LogP contribution in [0.25, 0.3) is 11.0 Å². The summed E-state index contributed by atoms with van der Waals surface area (Å²) >= 11 is 0. The molecule has 6 heteroatoms. The Kier molecular flexibility index (Phi) is 7.15. The second kappa shape index (κ2) is 10.1. The van der Waals surface area contributed by atoms with Gasteiger partial charge >= 0.3 is 5.97 Å². The highest BCUT2D eigenvalue weighted by Crippen LogP contribution is 2.30. The Labute approximate surface area is 196 Å². The minimum atomic E-state index is -0.637. The molecular formula is C27H35N3O3. The van der Waals surface area contributed by atoms with E-state index in [-0.39, 0.29) is 12.6 Å². The van der Waals surface area contributed by atoms with Gasteiger partial charge in [0.25, 0.3) is 0 Å². The van der Waals surface area contributed by atoms with Gasteiger partial charge in [0.05, 0.1) is 30.2 Å². The van der Waals surface area contributed by atoms with Crippen molar-refractivity contribution in [3.05, 3.63) is 65.5 Å². The number of carbonyl (C=O) groups is 1. The van der Waals surface area contributed by atoms with E-state index >= 15 is 0 Å². The van der Waals surface area contributed by atoms with Gasteiger partial charge in [0.1, 0.15) is 5.82 Å². The first-order chi connectivity index (χ1) is 15.9. The van der Waals surface area contributed by atoms with Crippen molar-refractivity contribution >= 4 is 17.0 Å². The van der Waals surface area contributed by atoms with Gasteiger partial charge in [-0.25, -0.2) is 4.98 Å². The van der Waals surface area contributed by atoms with Gasteiger partial charge in [-0.3, -0.25) is 4.79 Å². The van der Waals surface area contributed by atoms with Crippen LogP contribution in [0.5, 0.6) is 0 Å². The Morgan fingerprint density at radius 2 is 1.79 bits per heavy atom. The molecule has 0 saturated carbocycles. The van der Waals surface area contributed by atoms with Crippen LogP contribution in [0, 0.1) is 0 Å². The first kappa shape index (κ1) is 23.5. The van der Waals surface area contributed by atoms with Crippen LogP contribution in [-0.4, -0.2) is 58.9 Å². The number of para-hydroxylation sites is 2. The number of hydrogen-bond acceptors (Lipinski definition) is 5. The molecule has 0 atom stereocenters. The maximum atomic E-state index is 12.0. The SMILES string of the molecule is COC(=O)C(C)(C)c1ccc(CCN2CCC(c3nc4ccccc4n3CCO)CC2)cc1. The topological polar surface area (TPSA) is 67.6 Å². The summed E-state index contributed by atoms with van der Waals surface area (Å²) in [7, 11) is 1.43. The van der Waals surface area contributed by atoms with Crippen LogP contribution in [0.15, 0.2) is 48.5 Å². The van der Waals surface area contributed by atoms with E-state index in [2.05, 4.69) is 33.7 Å². The number of aliphatic hydroxyl groups is 1. The third kappa shape index (κ3) is 4.97. The van der Waals surface area contributed by atoms with Gasteiger partial charge in [-0.15, -0.1) is 0 Å². The Hall–Kier alpha value is -2.70. The molecule has 33 heavy (non-hydrogen) atoms. The first-order valence-electron chi connectivity index (χ1n) is 11.9. The van der Waals surface area contributed by atoms with Crippen LogP contribution in [0.2, 0.25) is 0 Å². The molecule has 0 aliphatic carbocycles. The predicted molar refractivity (Wildman–Crippen MR) is 130 cm³/mol. The molecule has 0 radical (unpaired) electrons. The number of imidazole rings is 1. The molecule has 0 bridgehead atoms. The number of ether oxygens (including phenoxy) is 1. The van der Waals surface area contributed by atoms with Crippen LogP contribution in [0.4, 0.5) is 0 Å². The maximum absolute atomic E-state index is 12.0. The average Bonchev–Trinajstić information content (AvgIpc) is 3.21. The van der Waals surface area contributed by atoms with Gasteiger partial charge in [0.2, 0.25) is 0 Å². The highest BCUT2D eigenvalue weighted by Gasteiger charge is 2.30. The molecule has 6 nitrogen and oxygen atoms in total. The van der Waals surface area contributed by atoms with Crippen molar-refractivity contribution in [3.63, 3.8) is 0 Å². The highest BCUT2D eigenvalue weighted by molar-refractivity contribution is 5.82. The predicted octanol–water partition coefficient (Wildman–Crippen LogP) is 3.90. The lowest BCUT2D eigenvalue weighted by atomic mass is 9.84. The summed E-state index contributed by atoms with van der Waals surface area (Å²) < 4.78 is 7.14. The molecule has 4 rings (SSSR count). The van der Waals surface area contributed by atoms with Gasteiger partial charge in [0.15, 0.2) is 0 Å². The zero-order valence-electron chi connectivity index (χ0n) is 20.0.